The normalized spacial score (nSPS) is 19.2. The lowest BCUT2D eigenvalue weighted by atomic mass is 9.98. The van der Waals surface area contributed by atoms with Crippen LogP contribution in [0.25, 0.3) is 0 Å². The Bertz CT molecular complexity index is 984. The highest BCUT2D eigenvalue weighted by atomic mass is 16.5. The van der Waals surface area contributed by atoms with Crippen molar-refractivity contribution in [2.45, 2.75) is 58.7 Å². The average Bonchev–Trinajstić information content (AvgIpc) is 3.35. The molecule has 0 aromatic heterocycles. The summed E-state index contributed by atoms with van der Waals surface area (Å²) in [5.74, 6) is 1.16. The van der Waals surface area contributed by atoms with E-state index in [1.165, 1.54) is 18.4 Å². The van der Waals surface area contributed by atoms with Crippen LogP contribution in [0.1, 0.15) is 61.0 Å². The monoisotopic (exact) mass is 463 g/mol. The summed E-state index contributed by atoms with van der Waals surface area (Å²) in [6, 6.07) is 15.2. The first-order valence-corrected chi connectivity index (χ1v) is 12.7. The Balaban J connectivity index is 1.39. The second-order valence-corrected chi connectivity index (χ2v) is 9.53. The van der Waals surface area contributed by atoms with E-state index in [0.717, 1.165) is 37.5 Å². The number of likely N-dealkylation sites (tertiary alicyclic amines) is 2. The summed E-state index contributed by atoms with van der Waals surface area (Å²) in [5, 5.41) is 3.12. The number of hydrogen-bond acceptors (Lipinski definition) is 4. The van der Waals surface area contributed by atoms with Crippen LogP contribution in [-0.2, 0) is 17.9 Å². The Morgan fingerprint density at radius 1 is 0.971 bits per heavy atom. The van der Waals surface area contributed by atoms with E-state index in [1.54, 1.807) is 11.0 Å². The van der Waals surface area contributed by atoms with Gasteiger partial charge >= 0.3 is 0 Å². The first kappa shape index (κ1) is 24.3. The van der Waals surface area contributed by atoms with Crippen molar-refractivity contribution in [1.82, 2.24) is 15.1 Å². The van der Waals surface area contributed by atoms with Gasteiger partial charge in [-0.1, -0.05) is 43.3 Å². The highest BCUT2D eigenvalue weighted by molar-refractivity contribution is 6.00. The number of ether oxygens (including phenoxy) is 1. The quantitative estimate of drug-likeness (QED) is 0.636. The van der Waals surface area contributed by atoms with Gasteiger partial charge in [0.25, 0.3) is 5.91 Å². The predicted molar refractivity (Wildman–Crippen MR) is 134 cm³/mol. The number of benzene rings is 2. The molecule has 2 aliphatic rings. The van der Waals surface area contributed by atoms with E-state index in [-0.39, 0.29) is 11.8 Å². The molecule has 2 aromatic rings. The second kappa shape index (κ2) is 11.5. The zero-order valence-electron chi connectivity index (χ0n) is 20.5. The summed E-state index contributed by atoms with van der Waals surface area (Å²) in [6.07, 6.45) is 4.00. The van der Waals surface area contributed by atoms with Crippen molar-refractivity contribution >= 4 is 11.8 Å². The summed E-state index contributed by atoms with van der Waals surface area (Å²) in [5.41, 5.74) is 2.93. The van der Waals surface area contributed by atoms with Crippen molar-refractivity contribution in [1.29, 1.82) is 0 Å². The molecule has 6 nitrogen and oxygen atoms in total. The number of para-hydroxylation sites is 1. The topological polar surface area (TPSA) is 61.9 Å². The standard InChI is InChI=1S/C28H37N3O3/c1-3-34-26-13-7-6-11-24(26)28(33)31-16-8-12-25(31)27(32)29-19-22-9-4-5-10-23(22)20-30-17-14-21(2)15-18-30/h4-7,9-11,13,21,25H,3,8,12,14-20H2,1-2H3,(H,29,32). The molecule has 2 amide bonds. The SMILES string of the molecule is CCOc1ccccc1C(=O)N1CCCC1C(=O)NCc1ccccc1CN1CCC(C)CC1. The Kier molecular flexibility index (Phi) is 8.22. The van der Waals surface area contributed by atoms with Crippen LogP contribution in [0, 0.1) is 5.92 Å². The molecule has 0 saturated carbocycles. The fraction of sp³-hybridized carbons (Fsp3) is 0.500. The highest BCUT2D eigenvalue weighted by Crippen LogP contribution is 2.26. The number of carbonyl (C=O) groups excluding carboxylic acids is 2. The molecule has 1 N–H and O–H groups in total. The van der Waals surface area contributed by atoms with E-state index in [2.05, 4.69) is 35.3 Å². The second-order valence-electron chi connectivity index (χ2n) is 9.53. The van der Waals surface area contributed by atoms with Gasteiger partial charge in [0.05, 0.1) is 12.2 Å². The van der Waals surface area contributed by atoms with Crippen LogP contribution < -0.4 is 10.1 Å². The van der Waals surface area contributed by atoms with Gasteiger partial charge in [0, 0.05) is 19.6 Å². The third kappa shape index (κ3) is 5.79. The third-order valence-corrected chi connectivity index (χ3v) is 7.08. The summed E-state index contributed by atoms with van der Waals surface area (Å²) in [7, 11) is 0. The molecule has 0 radical (unpaired) electrons. The van der Waals surface area contributed by atoms with Crippen LogP contribution in [0.4, 0.5) is 0 Å². The van der Waals surface area contributed by atoms with E-state index in [0.29, 0.717) is 37.4 Å². The maximum absolute atomic E-state index is 13.3. The average molecular weight is 464 g/mol. The number of amides is 2. The zero-order valence-corrected chi connectivity index (χ0v) is 20.5. The number of carbonyl (C=O) groups is 2. The molecule has 34 heavy (non-hydrogen) atoms. The molecule has 2 aromatic carbocycles. The van der Waals surface area contributed by atoms with Gasteiger partial charge in [-0.15, -0.1) is 0 Å². The fourth-order valence-corrected chi connectivity index (χ4v) is 5.01. The van der Waals surface area contributed by atoms with Gasteiger partial charge in [-0.2, -0.15) is 0 Å². The van der Waals surface area contributed by atoms with Gasteiger partial charge in [-0.05, 0) is 74.9 Å². The molecule has 1 unspecified atom stereocenters. The van der Waals surface area contributed by atoms with Crippen molar-refractivity contribution in [3.63, 3.8) is 0 Å². The first-order chi connectivity index (χ1) is 16.6. The summed E-state index contributed by atoms with van der Waals surface area (Å²) in [6.45, 7) is 8.96. The number of nitrogens with one attached hydrogen (secondary N) is 1. The maximum atomic E-state index is 13.3. The molecule has 2 heterocycles. The minimum absolute atomic E-state index is 0.0821. The lowest BCUT2D eigenvalue weighted by Crippen LogP contribution is -2.45. The van der Waals surface area contributed by atoms with Crippen molar-refractivity contribution < 1.29 is 14.3 Å². The Hall–Kier alpha value is -2.86. The Morgan fingerprint density at radius 3 is 2.44 bits per heavy atom. The smallest absolute Gasteiger partial charge is 0.258 e. The molecule has 2 fully saturated rings. The van der Waals surface area contributed by atoms with E-state index < -0.39 is 6.04 Å². The van der Waals surface area contributed by atoms with Crippen LogP contribution in [0.2, 0.25) is 0 Å². The number of hydrogen-bond donors (Lipinski definition) is 1. The molecule has 0 aliphatic carbocycles. The van der Waals surface area contributed by atoms with E-state index >= 15 is 0 Å². The fourth-order valence-electron chi connectivity index (χ4n) is 5.01. The van der Waals surface area contributed by atoms with Crippen LogP contribution in [0.5, 0.6) is 5.75 Å². The third-order valence-electron chi connectivity index (χ3n) is 7.08. The summed E-state index contributed by atoms with van der Waals surface area (Å²) in [4.78, 5) is 30.7. The first-order valence-electron chi connectivity index (χ1n) is 12.7. The van der Waals surface area contributed by atoms with Crippen molar-refractivity contribution in [3.05, 3.63) is 65.2 Å². The minimum Gasteiger partial charge on any atom is -0.493 e. The van der Waals surface area contributed by atoms with E-state index in [9.17, 15) is 9.59 Å². The van der Waals surface area contributed by atoms with Gasteiger partial charge in [0.15, 0.2) is 0 Å². The van der Waals surface area contributed by atoms with Gasteiger partial charge in [-0.25, -0.2) is 0 Å². The van der Waals surface area contributed by atoms with Crippen LogP contribution >= 0.6 is 0 Å². The van der Waals surface area contributed by atoms with Gasteiger partial charge in [0.1, 0.15) is 11.8 Å². The van der Waals surface area contributed by atoms with E-state index in [1.807, 2.05) is 31.2 Å². The molecular formula is C28H37N3O3. The largest absolute Gasteiger partial charge is 0.493 e. The van der Waals surface area contributed by atoms with E-state index in [4.69, 9.17) is 4.74 Å². The Morgan fingerprint density at radius 2 is 1.68 bits per heavy atom. The minimum atomic E-state index is -0.446. The highest BCUT2D eigenvalue weighted by Gasteiger charge is 2.35. The number of piperidine rings is 1. The van der Waals surface area contributed by atoms with Crippen molar-refractivity contribution in [2.75, 3.05) is 26.2 Å². The lowest BCUT2D eigenvalue weighted by Gasteiger charge is -2.30. The van der Waals surface area contributed by atoms with Crippen LogP contribution in [0.15, 0.2) is 48.5 Å². The summed E-state index contributed by atoms with van der Waals surface area (Å²) < 4.78 is 5.65. The van der Waals surface area contributed by atoms with Gasteiger partial charge < -0.3 is 15.0 Å². The molecule has 0 bridgehead atoms. The van der Waals surface area contributed by atoms with Crippen molar-refractivity contribution in [3.8, 4) is 5.75 Å². The molecule has 1 atom stereocenters. The van der Waals surface area contributed by atoms with Crippen LogP contribution in [-0.4, -0.2) is 53.9 Å². The number of rotatable bonds is 8. The molecule has 4 rings (SSSR count). The van der Waals surface area contributed by atoms with Gasteiger partial charge in [0.2, 0.25) is 5.91 Å². The zero-order chi connectivity index (χ0) is 23.9. The predicted octanol–water partition coefficient (Wildman–Crippen LogP) is 4.24. The number of nitrogens with zero attached hydrogens (tertiary/aromatic N) is 2. The van der Waals surface area contributed by atoms with Gasteiger partial charge in [-0.3, -0.25) is 14.5 Å². The molecule has 182 valence electrons. The maximum Gasteiger partial charge on any atom is 0.258 e. The summed E-state index contributed by atoms with van der Waals surface area (Å²) >= 11 is 0. The molecule has 2 aliphatic heterocycles. The Labute approximate surface area is 203 Å². The molecule has 2 saturated heterocycles. The molecular weight excluding hydrogens is 426 g/mol. The molecule has 6 heteroatoms. The van der Waals surface area contributed by atoms with Crippen molar-refractivity contribution in [2.24, 2.45) is 5.92 Å². The molecule has 0 spiro atoms. The lowest BCUT2D eigenvalue weighted by molar-refractivity contribution is -0.125. The van der Waals surface area contributed by atoms with Crippen LogP contribution in [0.3, 0.4) is 0 Å².